The van der Waals surface area contributed by atoms with Gasteiger partial charge in [0, 0.05) is 43.6 Å². The monoisotopic (exact) mass is 471 g/mol. The minimum atomic E-state index is -1.39. The van der Waals surface area contributed by atoms with Crippen LogP contribution in [-0.4, -0.2) is 67.3 Å². The number of halogens is 2. The van der Waals surface area contributed by atoms with E-state index in [2.05, 4.69) is 25.7 Å². The molecule has 5 rings (SSSR count). The first-order valence-electron chi connectivity index (χ1n) is 11.4. The maximum atomic E-state index is 15.4. The van der Waals surface area contributed by atoms with Crippen molar-refractivity contribution in [3.63, 3.8) is 0 Å². The van der Waals surface area contributed by atoms with Gasteiger partial charge in [0.25, 0.3) is 0 Å². The molecule has 3 aromatic rings. The summed E-state index contributed by atoms with van der Waals surface area (Å²) >= 11 is 0. The van der Waals surface area contributed by atoms with Crippen LogP contribution >= 0.6 is 0 Å². The van der Waals surface area contributed by atoms with Crippen LogP contribution in [0.25, 0.3) is 5.69 Å². The smallest absolute Gasteiger partial charge is 0.207 e. The van der Waals surface area contributed by atoms with Crippen molar-refractivity contribution in [2.45, 2.75) is 43.6 Å². The van der Waals surface area contributed by atoms with E-state index >= 15 is 4.39 Å². The largest absolute Gasteiger partial charge is 0.389 e. The predicted octanol–water partition coefficient (Wildman–Crippen LogP) is 1.61. The molecule has 34 heavy (non-hydrogen) atoms. The van der Waals surface area contributed by atoms with Crippen molar-refractivity contribution < 1.29 is 19.0 Å². The molecule has 1 saturated heterocycles. The van der Waals surface area contributed by atoms with E-state index in [-0.39, 0.29) is 37.3 Å². The van der Waals surface area contributed by atoms with Crippen LogP contribution in [0.2, 0.25) is 0 Å². The van der Waals surface area contributed by atoms with Gasteiger partial charge in [-0.1, -0.05) is 6.07 Å². The summed E-state index contributed by atoms with van der Waals surface area (Å²) in [6, 6.07) is 6.66. The highest BCUT2D eigenvalue weighted by Crippen LogP contribution is 2.35. The van der Waals surface area contributed by atoms with Gasteiger partial charge in [-0.15, -0.1) is 0 Å². The molecule has 1 aliphatic carbocycles. The van der Waals surface area contributed by atoms with Crippen LogP contribution in [-0.2, 0) is 6.54 Å². The van der Waals surface area contributed by atoms with Gasteiger partial charge in [0.1, 0.15) is 17.7 Å². The van der Waals surface area contributed by atoms with Gasteiger partial charge >= 0.3 is 0 Å². The van der Waals surface area contributed by atoms with E-state index in [9.17, 15) is 14.6 Å². The fraction of sp³-hybridized carbons (Fsp3) is 0.435. The van der Waals surface area contributed by atoms with Gasteiger partial charge in [0.15, 0.2) is 11.6 Å². The van der Waals surface area contributed by atoms with Gasteiger partial charge in [-0.05, 0) is 44.0 Å². The number of benzene rings is 1. The molecule has 0 amide bonds. The van der Waals surface area contributed by atoms with Crippen molar-refractivity contribution in [3.05, 3.63) is 60.2 Å². The second-order valence-corrected chi connectivity index (χ2v) is 8.87. The molecule has 2 aliphatic rings. The number of hydrogen-bond acceptors (Lipinski definition) is 8. The number of rotatable bonds is 8. The Morgan fingerprint density at radius 3 is 2.82 bits per heavy atom. The lowest BCUT2D eigenvalue weighted by atomic mass is 9.89. The van der Waals surface area contributed by atoms with Crippen LogP contribution in [0.1, 0.15) is 24.8 Å². The molecule has 3 heterocycles. The average molecular weight is 472 g/mol. The van der Waals surface area contributed by atoms with E-state index in [1.54, 1.807) is 40.2 Å². The molecular formula is C23H27F2N7O2. The summed E-state index contributed by atoms with van der Waals surface area (Å²) in [4.78, 5) is 9.90. The summed E-state index contributed by atoms with van der Waals surface area (Å²) < 4.78 is 31.9. The lowest BCUT2D eigenvalue weighted by Crippen LogP contribution is -2.57. The summed E-state index contributed by atoms with van der Waals surface area (Å²) in [6.07, 6.45) is 5.66. The predicted molar refractivity (Wildman–Crippen MR) is 122 cm³/mol. The minimum Gasteiger partial charge on any atom is -0.389 e. The van der Waals surface area contributed by atoms with Gasteiger partial charge < -0.3 is 25.7 Å². The Morgan fingerprint density at radius 1 is 1.26 bits per heavy atom. The van der Waals surface area contributed by atoms with Crippen LogP contribution in [0.5, 0.6) is 0 Å². The van der Waals surface area contributed by atoms with Gasteiger partial charge in [-0.2, -0.15) is 9.49 Å². The van der Waals surface area contributed by atoms with Crippen LogP contribution in [0, 0.1) is 11.6 Å². The highest BCUT2D eigenvalue weighted by Gasteiger charge is 2.38. The minimum absolute atomic E-state index is 0.0536. The standard InChI is InChI=1S/C23H27F2N7O2/c24-18-10-17(32-9-1-7-30-32)3-2-15(18)12-31(16-4-5-16)22-20(25)21(28-14-29-22)27-13-23(34)6-8-26-11-19(23)33/h1-3,7,9-10,14,16,19,26,33-34H,4-6,8,11-13H2,(H,27,28,29)/t19-,23-/m1/s1. The van der Waals surface area contributed by atoms with Crippen molar-refractivity contribution in [3.8, 4) is 5.69 Å². The fourth-order valence-electron chi connectivity index (χ4n) is 4.20. The molecule has 2 atom stereocenters. The van der Waals surface area contributed by atoms with Crippen molar-refractivity contribution in [2.75, 3.05) is 29.9 Å². The van der Waals surface area contributed by atoms with E-state index in [0.717, 1.165) is 12.8 Å². The highest BCUT2D eigenvalue weighted by atomic mass is 19.1. The SMILES string of the molecule is O[C@@H]1CNCC[C@@]1(O)CNc1ncnc(N(Cc2ccc(-n3cccn3)cc2F)C2CC2)c1F. The Labute approximate surface area is 195 Å². The maximum absolute atomic E-state index is 15.4. The molecule has 0 bridgehead atoms. The molecule has 9 nitrogen and oxygen atoms in total. The average Bonchev–Trinajstić information content (AvgIpc) is 3.52. The quantitative estimate of drug-likeness (QED) is 0.392. The van der Waals surface area contributed by atoms with Crippen LogP contribution in [0.3, 0.4) is 0 Å². The molecule has 0 unspecified atom stereocenters. The summed E-state index contributed by atoms with van der Waals surface area (Å²) in [5.41, 5.74) is -0.372. The van der Waals surface area contributed by atoms with Gasteiger partial charge in [0.05, 0.1) is 11.8 Å². The van der Waals surface area contributed by atoms with Gasteiger partial charge in [-0.25, -0.2) is 19.0 Å². The Bertz CT molecular complexity index is 1140. The molecule has 1 saturated carbocycles. The van der Waals surface area contributed by atoms with E-state index in [0.29, 0.717) is 24.2 Å². The third-order valence-electron chi connectivity index (χ3n) is 6.43. The first-order valence-corrected chi connectivity index (χ1v) is 11.4. The van der Waals surface area contributed by atoms with Crippen LogP contribution < -0.4 is 15.5 Å². The second kappa shape index (κ2) is 9.24. The molecule has 4 N–H and O–H groups in total. The zero-order valence-corrected chi connectivity index (χ0v) is 18.5. The topological polar surface area (TPSA) is 111 Å². The van der Waals surface area contributed by atoms with Crippen molar-refractivity contribution in [2.24, 2.45) is 0 Å². The zero-order chi connectivity index (χ0) is 23.7. The zero-order valence-electron chi connectivity index (χ0n) is 18.5. The summed E-state index contributed by atoms with van der Waals surface area (Å²) in [5.74, 6) is -1.07. The van der Waals surface area contributed by atoms with E-state index in [4.69, 9.17) is 0 Å². The van der Waals surface area contributed by atoms with Crippen LogP contribution in [0.15, 0.2) is 43.0 Å². The van der Waals surface area contributed by atoms with Crippen molar-refractivity contribution >= 4 is 11.6 Å². The molecule has 2 fully saturated rings. The summed E-state index contributed by atoms with van der Waals surface area (Å²) in [7, 11) is 0. The summed E-state index contributed by atoms with van der Waals surface area (Å²) in [5, 5.41) is 30.8. The Hall–Kier alpha value is -3.15. The number of nitrogens with zero attached hydrogens (tertiary/aromatic N) is 5. The number of aromatic nitrogens is 4. The van der Waals surface area contributed by atoms with E-state index in [1.807, 2.05) is 0 Å². The molecule has 0 spiro atoms. The third kappa shape index (κ3) is 4.59. The Balaban J connectivity index is 1.35. The number of β-amino-alcohol motifs (C(OH)–C–C–N with tert-alkyl or cyclic N) is 1. The number of nitrogens with one attached hydrogen (secondary N) is 2. The Kier molecular flexibility index (Phi) is 6.15. The number of hydrogen-bond donors (Lipinski definition) is 4. The molecule has 11 heteroatoms. The number of anilines is 2. The molecule has 180 valence electrons. The lowest BCUT2D eigenvalue weighted by molar-refractivity contribution is -0.0821. The number of aliphatic hydroxyl groups excluding tert-OH is 1. The first-order chi connectivity index (χ1) is 16.4. The summed E-state index contributed by atoms with van der Waals surface area (Å²) in [6.45, 7) is 0.899. The van der Waals surface area contributed by atoms with Gasteiger partial charge in [0.2, 0.25) is 5.82 Å². The van der Waals surface area contributed by atoms with Crippen LogP contribution in [0.4, 0.5) is 20.4 Å². The lowest BCUT2D eigenvalue weighted by Gasteiger charge is -2.37. The number of aliphatic hydroxyl groups is 2. The Morgan fingerprint density at radius 2 is 2.12 bits per heavy atom. The first kappa shape index (κ1) is 22.6. The van der Waals surface area contributed by atoms with Crippen molar-refractivity contribution in [1.82, 2.24) is 25.1 Å². The molecule has 2 aromatic heterocycles. The number of piperidine rings is 1. The third-order valence-corrected chi connectivity index (χ3v) is 6.43. The molecular weight excluding hydrogens is 444 g/mol. The maximum Gasteiger partial charge on any atom is 0.207 e. The molecule has 0 radical (unpaired) electrons. The normalized spacial score (nSPS) is 22.5. The second-order valence-electron chi connectivity index (χ2n) is 8.87. The molecule has 1 aliphatic heterocycles. The highest BCUT2D eigenvalue weighted by molar-refractivity contribution is 5.53. The molecule has 1 aromatic carbocycles. The van der Waals surface area contributed by atoms with E-state index in [1.165, 1.54) is 12.4 Å². The van der Waals surface area contributed by atoms with Crippen molar-refractivity contribution in [1.29, 1.82) is 0 Å². The fourth-order valence-corrected chi connectivity index (χ4v) is 4.20. The van der Waals surface area contributed by atoms with E-state index < -0.39 is 23.3 Å². The van der Waals surface area contributed by atoms with Gasteiger partial charge in [-0.3, -0.25) is 0 Å².